The van der Waals surface area contributed by atoms with Crippen LogP contribution in [0.5, 0.6) is 11.5 Å². The van der Waals surface area contributed by atoms with Gasteiger partial charge in [0.1, 0.15) is 11.5 Å². The Hall–Kier alpha value is -1.00. The number of aromatic hydroxyl groups is 1. The van der Waals surface area contributed by atoms with Crippen molar-refractivity contribution >= 4 is 22.0 Å². The van der Waals surface area contributed by atoms with Crippen LogP contribution < -0.4 is 10.5 Å². The van der Waals surface area contributed by atoms with Gasteiger partial charge < -0.3 is 15.6 Å². The highest BCUT2D eigenvalue weighted by Crippen LogP contribution is 2.37. The van der Waals surface area contributed by atoms with Gasteiger partial charge in [-0.15, -0.1) is 0 Å². The first-order valence-corrected chi connectivity index (χ1v) is 5.33. The molecule has 1 aromatic rings. The molecule has 15 heavy (non-hydrogen) atoms. The number of methoxy groups -OCH3 is 1. The molecule has 0 saturated heterocycles. The summed E-state index contributed by atoms with van der Waals surface area (Å²) in [6.07, 6.45) is 3.57. The van der Waals surface area contributed by atoms with E-state index in [1.54, 1.807) is 32.3 Å². The zero-order valence-electron chi connectivity index (χ0n) is 8.75. The maximum atomic E-state index is 9.87. The second-order valence-corrected chi connectivity index (χ2v) is 3.95. The van der Waals surface area contributed by atoms with Crippen LogP contribution in [0.1, 0.15) is 11.1 Å². The van der Waals surface area contributed by atoms with E-state index in [1.807, 2.05) is 0 Å². The smallest absolute Gasteiger partial charge is 0.139 e. The van der Waals surface area contributed by atoms with E-state index in [4.69, 9.17) is 10.5 Å². The second kappa shape index (κ2) is 5.19. The minimum Gasteiger partial charge on any atom is -0.507 e. The van der Waals surface area contributed by atoms with Crippen LogP contribution in [-0.4, -0.2) is 18.8 Å². The van der Waals surface area contributed by atoms with Crippen LogP contribution in [0.3, 0.4) is 0 Å². The van der Waals surface area contributed by atoms with Gasteiger partial charge in [-0.05, 0) is 28.9 Å². The predicted molar refractivity (Wildman–Crippen MR) is 65.2 cm³/mol. The fraction of sp³-hybridized carbons (Fsp3) is 0.273. The number of rotatable bonds is 3. The lowest BCUT2D eigenvalue weighted by Gasteiger charge is -2.11. The third-order valence-electron chi connectivity index (χ3n) is 2.11. The molecule has 1 rings (SSSR count). The van der Waals surface area contributed by atoms with E-state index in [1.165, 1.54) is 0 Å². The number of hydrogen-bond acceptors (Lipinski definition) is 3. The van der Waals surface area contributed by atoms with Crippen molar-refractivity contribution in [2.75, 3.05) is 13.7 Å². The van der Waals surface area contributed by atoms with Crippen LogP contribution in [0.2, 0.25) is 0 Å². The summed E-state index contributed by atoms with van der Waals surface area (Å²) < 4.78 is 5.98. The molecule has 0 spiro atoms. The first-order chi connectivity index (χ1) is 7.11. The highest BCUT2D eigenvalue weighted by Gasteiger charge is 2.11. The second-order valence-electron chi connectivity index (χ2n) is 3.09. The Morgan fingerprint density at radius 1 is 1.60 bits per heavy atom. The Bertz CT molecular complexity index is 389. The van der Waals surface area contributed by atoms with E-state index in [-0.39, 0.29) is 5.75 Å². The molecular weight excluding hydrogens is 258 g/mol. The molecule has 3 N–H and O–H groups in total. The van der Waals surface area contributed by atoms with Crippen LogP contribution in [0.15, 0.2) is 16.6 Å². The molecule has 0 atom stereocenters. The number of phenolic OH excluding ortho intramolecular Hbond substituents is 1. The van der Waals surface area contributed by atoms with Gasteiger partial charge in [-0.3, -0.25) is 0 Å². The largest absolute Gasteiger partial charge is 0.507 e. The van der Waals surface area contributed by atoms with Crippen molar-refractivity contribution in [1.29, 1.82) is 0 Å². The molecule has 82 valence electrons. The third-order valence-corrected chi connectivity index (χ3v) is 2.70. The van der Waals surface area contributed by atoms with E-state index in [9.17, 15) is 5.11 Å². The summed E-state index contributed by atoms with van der Waals surface area (Å²) >= 11 is 3.38. The Labute approximate surface area is 97.7 Å². The average Bonchev–Trinajstić information content (AvgIpc) is 2.22. The number of benzene rings is 1. The molecule has 0 saturated carbocycles. The van der Waals surface area contributed by atoms with E-state index in [0.29, 0.717) is 17.9 Å². The molecule has 0 heterocycles. The molecule has 0 amide bonds. The van der Waals surface area contributed by atoms with Gasteiger partial charge in [0.25, 0.3) is 0 Å². The lowest BCUT2D eigenvalue weighted by Crippen LogP contribution is -1.93. The molecule has 0 fully saturated rings. The molecule has 1 aromatic carbocycles. The van der Waals surface area contributed by atoms with Crippen molar-refractivity contribution < 1.29 is 9.84 Å². The van der Waals surface area contributed by atoms with E-state index in [2.05, 4.69) is 15.9 Å². The van der Waals surface area contributed by atoms with Crippen molar-refractivity contribution in [1.82, 2.24) is 0 Å². The predicted octanol–water partition coefficient (Wildman–Crippen LogP) is 2.44. The molecule has 0 bridgehead atoms. The molecule has 0 radical (unpaired) electrons. The van der Waals surface area contributed by atoms with Gasteiger partial charge in [0.15, 0.2) is 0 Å². The SMILES string of the molecule is COc1c(Br)cc(/C=C/CN)c(O)c1C. The van der Waals surface area contributed by atoms with E-state index >= 15 is 0 Å². The summed E-state index contributed by atoms with van der Waals surface area (Å²) in [5.41, 5.74) is 6.79. The topological polar surface area (TPSA) is 55.5 Å². The number of nitrogens with two attached hydrogens (primary N) is 1. The molecule has 4 heteroatoms. The Morgan fingerprint density at radius 3 is 2.80 bits per heavy atom. The Balaban J connectivity index is 3.27. The maximum Gasteiger partial charge on any atom is 0.139 e. The summed E-state index contributed by atoms with van der Waals surface area (Å²) in [7, 11) is 1.57. The standard InChI is InChI=1S/C11H14BrNO2/c1-7-10(14)8(4-3-5-13)6-9(12)11(7)15-2/h3-4,6,14H,5,13H2,1-2H3/b4-3+. The van der Waals surface area contributed by atoms with Crippen molar-refractivity contribution in [2.45, 2.75) is 6.92 Å². The molecule has 0 aliphatic heterocycles. The van der Waals surface area contributed by atoms with Gasteiger partial charge in [-0.25, -0.2) is 0 Å². The molecule has 0 aliphatic rings. The van der Waals surface area contributed by atoms with Gasteiger partial charge >= 0.3 is 0 Å². The normalized spacial score (nSPS) is 10.9. The zero-order valence-corrected chi connectivity index (χ0v) is 10.3. The minimum atomic E-state index is 0.222. The van der Waals surface area contributed by atoms with Crippen LogP contribution in [0.4, 0.5) is 0 Å². The van der Waals surface area contributed by atoms with Crippen LogP contribution >= 0.6 is 15.9 Å². The highest BCUT2D eigenvalue weighted by atomic mass is 79.9. The number of halogens is 1. The molecule has 0 unspecified atom stereocenters. The van der Waals surface area contributed by atoms with Crippen LogP contribution in [0, 0.1) is 6.92 Å². The third kappa shape index (κ3) is 2.52. The summed E-state index contributed by atoms with van der Waals surface area (Å²) in [4.78, 5) is 0. The Morgan fingerprint density at radius 2 is 2.27 bits per heavy atom. The van der Waals surface area contributed by atoms with Gasteiger partial charge in [0.2, 0.25) is 0 Å². The van der Waals surface area contributed by atoms with Crippen molar-refractivity contribution in [3.8, 4) is 11.5 Å². The number of phenols is 1. The fourth-order valence-electron chi connectivity index (χ4n) is 1.35. The monoisotopic (exact) mass is 271 g/mol. The van der Waals surface area contributed by atoms with Crippen LogP contribution in [0.25, 0.3) is 6.08 Å². The summed E-state index contributed by atoms with van der Waals surface area (Å²) in [6.45, 7) is 2.25. The zero-order chi connectivity index (χ0) is 11.4. The van der Waals surface area contributed by atoms with Crippen molar-refractivity contribution in [3.63, 3.8) is 0 Å². The maximum absolute atomic E-state index is 9.87. The number of ether oxygens (including phenoxy) is 1. The fourth-order valence-corrected chi connectivity index (χ4v) is 2.05. The van der Waals surface area contributed by atoms with Crippen molar-refractivity contribution in [3.05, 3.63) is 27.7 Å². The molecule has 0 aromatic heterocycles. The first kappa shape index (κ1) is 12.1. The Kier molecular flexibility index (Phi) is 4.17. The van der Waals surface area contributed by atoms with Gasteiger partial charge in [0, 0.05) is 17.7 Å². The molecular formula is C11H14BrNO2. The lowest BCUT2D eigenvalue weighted by molar-refractivity contribution is 0.400. The summed E-state index contributed by atoms with van der Waals surface area (Å²) in [6, 6.07) is 1.80. The van der Waals surface area contributed by atoms with E-state index < -0.39 is 0 Å². The highest BCUT2D eigenvalue weighted by molar-refractivity contribution is 9.10. The summed E-state index contributed by atoms with van der Waals surface area (Å²) in [5, 5.41) is 9.87. The van der Waals surface area contributed by atoms with Gasteiger partial charge in [-0.1, -0.05) is 12.2 Å². The van der Waals surface area contributed by atoms with E-state index in [0.717, 1.165) is 10.0 Å². The first-order valence-electron chi connectivity index (χ1n) is 4.54. The van der Waals surface area contributed by atoms with Crippen LogP contribution in [-0.2, 0) is 0 Å². The molecule has 3 nitrogen and oxygen atoms in total. The van der Waals surface area contributed by atoms with Gasteiger partial charge in [0.05, 0.1) is 11.6 Å². The molecule has 0 aliphatic carbocycles. The minimum absolute atomic E-state index is 0.222. The average molecular weight is 272 g/mol. The summed E-state index contributed by atoms with van der Waals surface area (Å²) in [5.74, 6) is 0.872. The van der Waals surface area contributed by atoms with Crippen molar-refractivity contribution in [2.24, 2.45) is 5.73 Å². The number of hydrogen-bond donors (Lipinski definition) is 2. The quantitative estimate of drug-likeness (QED) is 0.888. The van der Waals surface area contributed by atoms with Gasteiger partial charge in [-0.2, -0.15) is 0 Å². The lowest BCUT2D eigenvalue weighted by atomic mass is 10.1.